The van der Waals surface area contributed by atoms with Gasteiger partial charge in [-0.05, 0) is 50.4 Å². The molecule has 3 unspecified atom stereocenters. The van der Waals surface area contributed by atoms with Gasteiger partial charge in [-0.1, -0.05) is 13.8 Å². The van der Waals surface area contributed by atoms with Gasteiger partial charge in [0.05, 0.1) is 12.2 Å². The van der Waals surface area contributed by atoms with Gasteiger partial charge in [-0.25, -0.2) is 8.78 Å². The Balaban J connectivity index is 1.59. The van der Waals surface area contributed by atoms with Gasteiger partial charge < -0.3 is 4.74 Å². The summed E-state index contributed by atoms with van der Waals surface area (Å²) in [6.45, 7) is 6.64. The zero-order chi connectivity index (χ0) is 12.6. The Morgan fingerprint density at radius 2 is 1.76 bits per heavy atom. The van der Waals surface area contributed by atoms with Crippen LogP contribution in [0.2, 0.25) is 0 Å². The van der Waals surface area contributed by atoms with Crippen molar-refractivity contribution in [3.63, 3.8) is 0 Å². The van der Waals surface area contributed by atoms with E-state index in [9.17, 15) is 8.78 Å². The van der Waals surface area contributed by atoms with Crippen LogP contribution in [0.15, 0.2) is 0 Å². The summed E-state index contributed by atoms with van der Waals surface area (Å²) in [5.41, 5.74) is 0. The van der Waals surface area contributed by atoms with E-state index in [0.717, 1.165) is 24.2 Å². The summed E-state index contributed by atoms with van der Waals surface area (Å²) < 4.78 is 30.4. The first kappa shape index (κ1) is 13.3. The number of halogens is 2. The zero-order valence-electron chi connectivity index (χ0n) is 11.0. The van der Waals surface area contributed by atoms with Crippen LogP contribution in [-0.2, 0) is 4.74 Å². The topological polar surface area (TPSA) is 9.23 Å². The van der Waals surface area contributed by atoms with Crippen molar-refractivity contribution in [2.75, 3.05) is 0 Å². The highest BCUT2D eigenvalue weighted by Crippen LogP contribution is 2.47. The molecule has 0 spiro atoms. The smallest absolute Gasteiger partial charge is 0.241 e. The molecule has 1 nitrogen and oxygen atoms in total. The van der Waals surface area contributed by atoms with Crippen LogP contribution < -0.4 is 0 Å². The van der Waals surface area contributed by atoms with Gasteiger partial charge in [-0.2, -0.15) is 0 Å². The lowest BCUT2D eigenvalue weighted by Crippen LogP contribution is -2.37. The van der Waals surface area contributed by atoms with Gasteiger partial charge in [0, 0.05) is 5.92 Å². The first-order valence-electron chi connectivity index (χ1n) is 6.91. The Morgan fingerprint density at radius 1 is 1.12 bits per heavy atom. The molecular weight excluding hydrogens is 222 g/mol. The Labute approximate surface area is 103 Å². The minimum absolute atomic E-state index is 0.0975. The summed E-state index contributed by atoms with van der Waals surface area (Å²) in [4.78, 5) is 0. The lowest BCUT2D eigenvalue weighted by Gasteiger charge is -2.36. The molecule has 100 valence electrons. The zero-order valence-corrected chi connectivity index (χ0v) is 11.0. The van der Waals surface area contributed by atoms with Crippen LogP contribution in [0.25, 0.3) is 0 Å². The molecule has 2 saturated carbocycles. The van der Waals surface area contributed by atoms with Crippen LogP contribution in [0.1, 0.15) is 46.5 Å². The molecular formula is C14H24F2O. The predicted octanol–water partition coefficient (Wildman–Crippen LogP) is 4.12. The van der Waals surface area contributed by atoms with E-state index in [1.807, 2.05) is 0 Å². The summed E-state index contributed by atoms with van der Waals surface area (Å²) in [5, 5.41) is 0. The average molecular weight is 246 g/mol. The lowest BCUT2D eigenvalue weighted by molar-refractivity contribution is -0.108. The molecule has 2 aliphatic carbocycles. The van der Waals surface area contributed by atoms with Crippen molar-refractivity contribution in [2.24, 2.45) is 23.7 Å². The van der Waals surface area contributed by atoms with E-state index in [1.165, 1.54) is 6.42 Å². The van der Waals surface area contributed by atoms with E-state index in [4.69, 9.17) is 4.74 Å². The van der Waals surface area contributed by atoms with Gasteiger partial charge in [-0.3, -0.25) is 0 Å². The third-order valence-electron chi connectivity index (χ3n) is 4.38. The normalized spacial score (nSPS) is 38.3. The van der Waals surface area contributed by atoms with Crippen molar-refractivity contribution < 1.29 is 13.5 Å². The third kappa shape index (κ3) is 3.40. The fourth-order valence-electron chi connectivity index (χ4n) is 3.09. The van der Waals surface area contributed by atoms with Crippen LogP contribution in [0.5, 0.6) is 0 Å². The Kier molecular flexibility index (Phi) is 4.06. The average Bonchev–Trinajstić information content (AvgIpc) is 2.89. The van der Waals surface area contributed by atoms with Gasteiger partial charge in [0.25, 0.3) is 0 Å². The van der Waals surface area contributed by atoms with Crippen LogP contribution >= 0.6 is 0 Å². The number of alkyl halides is 2. The summed E-state index contributed by atoms with van der Waals surface area (Å²) in [6.07, 6.45) is 1.74. The molecule has 0 heterocycles. The van der Waals surface area contributed by atoms with E-state index >= 15 is 0 Å². The van der Waals surface area contributed by atoms with Gasteiger partial charge in [0.1, 0.15) is 0 Å². The van der Waals surface area contributed by atoms with Gasteiger partial charge in [0.15, 0.2) is 0 Å². The van der Waals surface area contributed by atoms with Crippen molar-refractivity contribution in [2.45, 2.75) is 65.1 Å². The van der Waals surface area contributed by atoms with Crippen LogP contribution in [0.4, 0.5) is 8.78 Å². The van der Waals surface area contributed by atoms with E-state index in [0.29, 0.717) is 12.8 Å². The highest BCUT2D eigenvalue weighted by molar-refractivity contribution is 4.90. The summed E-state index contributed by atoms with van der Waals surface area (Å²) in [5.74, 6) is 2.06. The molecule has 2 fully saturated rings. The summed E-state index contributed by atoms with van der Waals surface area (Å²) >= 11 is 0. The van der Waals surface area contributed by atoms with Crippen molar-refractivity contribution in [3.05, 3.63) is 0 Å². The van der Waals surface area contributed by atoms with Crippen molar-refractivity contribution in [1.29, 1.82) is 0 Å². The Hall–Kier alpha value is -0.180. The molecule has 0 bridgehead atoms. The number of hydrogen-bond donors (Lipinski definition) is 0. The van der Waals surface area contributed by atoms with E-state index in [1.54, 1.807) is 0 Å². The molecule has 2 aliphatic rings. The SMILES string of the molecule is CC(CC1CC1C(C)C)OC1CC(C(F)F)C1. The number of ether oxygens (including phenoxy) is 1. The summed E-state index contributed by atoms with van der Waals surface area (Å²) in [7, 11) is 0. The largest absolute Gasteiger partial charge is 0.375 e. The quantitative estimate of drug-likeness (QED) is 0.685. The standard InChI is InChI=1S/C14H24F2O/c1-8(2)13-7-10(13)4-9(3)17-12-5-11(6-12)14(15)16/h8-14H,4-7H2,1-3H3. The molecule has 0 aromatic carbocycles. The molecule has 0 radical (unpaired) electrons. The second kappa shape index (κ2) is 5.21. The van der Waals surface area contributed by atoms with Gasteiger partial charge in [-0.15, -0.1) is 0 Å². The highest BCUT2D eigenvalue weighted by atomic mass is 19.3. The van der Waals surface area contributed by atoms with E-state index in [-0.39, 0.29) is 12.2 Å². The Bertz CT molecular complexity index is 249. The molecule has 0 saturated heterocycles. The molecule has 0 amide bonds. The number of rotatable bonds is 6. The maximum Gasteiger partial charge on any atom is 0.241 e. The van der Waals surface area contributed by atoms with Crippen LogP contribution in [0.3, 0.4) is 0 Å². The summed E-state index contributed by atoms with van der Waals surface area (Å²) in [6, 6.07) is 0. The van der Waals surface area contributed by atoms with E-state index in [2.05, 4.69) is 20.8 Å². The van der Waals surface area contributed by atoms with E-state index < -0.39 is 12.3 Å². The van der Waals surface area contributed by atoms with Crippen molar-refractivity contribution in [1.82, 2.24) is 0 Å². The second-order valence-electron chi connectivity index (χ2n) is 6.27. The highest BCUT2D eigenvalue weighted by Gasteiger charge is 2.41. The molecule has 0 N–H and O–H groups in total. The first-order chi connectivity index (χ1) is 7.97. The van der Waals surface area contributed by atoms with Crippen molar-refractivity contribution >= 4 is 0 Å². The predicted molar refractivity (Wildman–Crippen MR) is 64.1 cm³/mol. The maximum atomic E-state index is 12.3. The molecule has 3 atom stereocenters. The second-order valence-corrected chi connectivity index (χ2v) is 6.27. The van der Waals surface area contributed by atoms with Crippen molar-refractivity contribution in [3.8, 4) is 0 Å². The molecule has 0 aliphatic heterocycles. The minimum atomic E-state index is -2.15. The fourth-order valence-corrected chi connectivity index (χ4v) is 3.09. The van der Waals surface area contributed by atoms with Crippen LogP contribution in [-0.4, -0.2) is 18.6 Å². The van der Waals surface area contributed by atoms with Crippen LogP contribution in [0, 0.1) is 23.7 Å². The van der Waals surface area contributed by atoms with Gasteiger partial charge in [0.2, 0.25) is 6.43 Å². The molecule has 0 aromatic heterocycles. The molecule has 0 aromatic rings. The minimum Gasteiger partial charge on any atom is -0.375 e. The third-order valence-corrected chi connectivity index (χ3v) is 4.38. The van der Waals surface area contributed by atoms with Gasteiger partial charge >= 0.3 is 0 Å². The molecule has 17 heavy (non-hydrogen) atoms. The molecule has 3 heteroatoms. The maximum absolute atomic E-state index is 12.3. The lowest BCUT2D eigenvalue weighted by atomic mass is 9.82. The fraction of sp³-hybridized carbons (Fsp3) is 1.00. The number of hydrogen-bond acceptors (Lipinski definition) is 1. The monoisotopic (exact) mass is 246 g/mol. The Morgan fingerprint density at radius 3 is 2.24 bits per heavy atom. The molecule has 2 rings (SSSR count). The first-order valence-corrected chi connectivity index (χ1v) is 6.91.